The molecule has 2 heteroatoms. The molecule has 0 heterocycles. The number of allylic oxidation sites excluding steroid dienone is 1. The fraction of sp³-hybridized carbons (Fsp3) is 0.0909. The molecular weight excluding hydrogens is 311 g/mol. The van der Waals surface area contributed by atoms with Gasteiger partial charge >= 0.3 is 0 Å². The van der Waals surface area contributed by atoms with E-state index in [1.54, 1.807) is 7.11 Å². The van der Waals surface area contributed by atoms with Gasteiger partial charge in [-0.05, 0) is 36.4 Å². The molecule has 0 amide bonds. The third kappa shape index (κ3) is 3.13. The van der Waals surface area contributed by atoms with Gasteiger partial charge in [0.15, 0.2) is 0 Å². The van der Waals surface area contributed by atoms with Gasteiger partial charge in [-0.15, -0.1) is 0 Å². The minimum atomic E-state index is -1.85. The van der Waals surface area contributed by atoms with E-state index in [1.807, 2.05) is 0 Å². The van der Waals surface area contributed by atoms with Crippen molar-refractivity contribution in [3.63, 3.8) is 0 Å². The van der Waals surface area contributed by atoms with E-state index in [2.05, 4.69) is 97.6 Å². The summed E-state index contributed by atoms with van der Waals surface area (Å²) in [6.07, 6.45) is 0.807. The van der Waals surface area contributed by atoms with Crippen LogP contribution in [-0.4, -0.2) is 13.3 Å². The Morgan fingerprint density at radius 3 is 1.33 bits per heavy atom. The van der Waals surface area contributed by atoms with Gasteiger partial charge in [0.2, 0.25) is 0 Å². The van der Waals surface area contributed by atoms with Crippen LogP contribution in [0.3, 0.4) is 0 Å². The highest BCUT2D eigenvalue weighted by Crippen LogP contribution is 2.56. The average molecular weight is 333 g/mol. The smallest absolute Gasteiger partial charge is 0.130 e. The molecule has 3 rings (SSSR count). The first-order chi connectivity index (χ1) is 11.8. The normalized spacial score (nSPS) is 11.0. The topological polar surface area (TPSA) is 9.23 Å². The first-order valence-corrected chi connectivity index (χ1v) is 10.0. The van der Waals surface area contributed by atoms with Crippen LogP contribution in [0.25, 0.3) is 0 Å². The van der Waals surface area contributed by atoms with Crippen LogP contribution in [0.1, 0.15) is 0 Å². The van der Waals surface area contributed by atoms with Crippen molar-refractivity contribution in [2.24, 2.45) is 0 Å². The van der Waals surface area contributed by atoms with Gasteiger partial charge in [-0.2, -0.15) is 0 Å². The minimum absolute atomic E-state index is 0.807. The largest absolute Gasteiger partial charge is 0.498 e. The van der Waals surface area contributed by atoms with E-state index in [1.165, 1.54) is 15.9 Å². The number of benzene rings is 3. The summed E-state index contributed by atoms with van der Waals surface area (Å²) < 4.78 is 5.50. The molecule has 0 aliphatic carbocycles. The Hall–Kier alpha value is -2.37. The molecule has 3 aromatic rings. The van der Waals surface area contributed by atoms with Crippen LogP contribution in [0.2, 0.25) is 0 Å². The maximum atomic E-state index is 5.50. The SMILES string of the molecule is C=C(C[P+](c1ccccc1)(c1ccccc1)c1ccccc1)OC. The fourth-order valence-corrected chi connectivity index (χ4v) is 7.24. The van der Waals surface area contributed by atoms with Crippen molar-refractivity contribution in [1.82, 2.24) is 0 Å². The fourth-order valence-electron chi connectivity index (χ4n) is 3.10. The van der Waals surface area contributed by atoms with Gasteiger partial charge in [0.1, 0.15) is 35.1 Å². The predicted molar refractivity (Wildman–Crippen MR) is 106 cm³/mol. The van der Waals surface area contributed by atoms with E-state index < -0.39 is 7.26 Å². The van der Waals surface area contributed by atoms with E-state index in [9.17, 15) is 0 Å². The third-order valence-corrected chi connectivity index (χ3v) is 8.66. The molecule has 0 bridgehead atoms. The van der Waals surface area contributed by atoms with Crippen LogP contribution in [0.5, 0.6) is 0 Å². The number of methoxy groups -OCH3 is 1. The maximum Gasteiger partial charge on any atom is 0.130 e. The molecule has 3 aromatic carbocycles. The molecule has 24 heavy (non-hydrogen) atoms. The highest BCUT2D eigenvalue weighted by atomic mass is 31.2. The van der Waals surface area contributed by atoms with Gasteiger partial charge in [0.25, 0.3) is 0 Å². The highest BCUT2D eigenvalue weighted by Gasteiger charge is 2.46. The van der Waals surface area contributed by atoms with Crippen molar-refractivity contribution in [2.45, 2.75) is 0 Å². The summed E-state index contributed by atoms with van der Waals surface area (Å²) >= 11 is 0. The highest BCUT2D eigenvalue weighted by molar-refractivity contribution is 7.95. The zero-order valence-corrected chi connectivity index (χ0v) is 14.8. The lowest BCUT2D eigenvalue weighted by Crippen LogP contribution is -2.34. The van der Waals surface area contributed by atoms with E-state index in [0.717, 1.165) is 11.9 Å². The molecule has 1 nitrogen and oxygen atoms in total. The Kier molecular flexibility index (Phi) is 5.13. The lowest BCUT2D eigenvalue weighted by Gasteiger charge is -2.27. The zero-order valence-electron chi connectivity index (χ0n) is 13.9. The van der Waals surface area contributed by atoms with Gasteiger partial charge in [-0.25, -0.2) is 0 Å². The number of hydrogen-bond acceptors (Lipinski definition) is 1. The van der Waals surface area contributed by atoms with Crippen molar-refractivity contribution in [3.05, 3.63) is 103 Å². The monoisotopic (exact) mass is 333 g/mol. The maximum absolute atomic E-state index is 5.50. The summed E-state index contributed by atoms with van der Waals surface area (Å²) in [6.45, 7) is 4.14. The summed E-state index contributed by atoms with van der Waals surface area (Å²) in [4.78, 5) is 0. The minimum Gasteiger partial charge on any atom is -0.498 e. The van der Waals surface area contributed by atoms with Gasteiger partial charge in [0.05, 0.1) is 7.11 Å². The van der Waals surface area contributed by atoms with Crippen molar-refractivity contribution in [1.29, 1.82) is 0 Å². The zero-order chi connectivity index (χ0) is 16.8. The Morgan fingerprint density at radius 1 is 0.708 bits per heavy atom. The Balaban J connectivity index is 2.30. The number of hydrogen-bond donors (Lipinski definition) is 0. The van der Waals surface area contributed by atoms with Crippen LogP contribution in [-0.2, 0) is 4.74 Å². The van der Waals surface area contributed by atoms with Crippen molar-refractivity contribution < 1.29 is 4.74 Å². The predicted octanol–water partition coefficient (Wildman–Crippen LogP) is 4.14. The quantitative estimate of drug-likeness (QED) is 0.487. The molecule has 0 radical (unpaired) electrons. The second-order valence-corrected chi connectivity index (χ2v) is 9.20. The standard InChI is InChI=1S/C22H22OP/c1-19(23-2)18-24(20-12-6-3-7-13-20,21-14-8-4-9-15-21)22-16-10-5-11-17-22/h3-17H,1,18H2,2H3/q+1. The molecule has 0 atom stereocenters. The van der Waals surface area contributed by atoms with Crippen molar-refractivity contribution in [3.8, 4) is 0 Å². The van der Waals surface area contributed by atoms with Gasteiger partial charge < -0.3 is 4.74 Å². The lowest BCUT2D eigenvalue weighted by atomic mass is 10.4. The van der Waals surface area contributed by atoms with E-state index in [-0.39, 0.29) is 0 Å². The van der Waals surface area contributed by atoms with E-state index in [4.69, 9.17) is 4.74 Å². The van der Waals surface area contributed by atoms with Crippen LogP contribution in [0, 0.1) is 0 Å². The molecule has 0 unspecified atom stereocenters. The second kappa shape index (κ2) is 7.47. The van der Waals surface area contributed by atoms with Gasteiger partial charge in [0, 0.05) is 0 Å². The van der Waals surface area contributed by atoms with Crippen LogP contribution >= 0.6 is 7.26 Å². The molecule has 0 aliphatic rings. The Labute approximate surface area is 145 Å². The van der Waals surface area contributed by atoms with Crippen molar-refractivity contribution in [2.75, 3.05) is 13.3 Å². The number of ether oxygens (including phenoxy) is 1. The molecule has 0 N–H and O–H groups in total. The number of rotatable bonds is 6. The van der Waals surface area contributed by atoms with Gasteiger partial charge in [-0.3, -0.25) is 0 Å². The van der Waals surface area contributed by atoms with E-state index in [0.29, 0.717) is 0 Å². The summed E-state index contributed by atoms with van der Waals surface area (Å²) in [6, 6.07) is 32.3. The molecule has 0 spiro atoms. The first kappa shape index (κ1) is 16.5. The summed E-state index contributed by atoms with van der Waals surface area (Å²) in [5, 5.41) is 4.04. The summed E-state index contributed by atoms with van der Waals surface area (Å²) in [5.74, 6) is 0.819. The molecule has 0 aliphatic heterocycles. The summed E-state index contributed by atoms with van der Waals surface area (Å²) in [5.41, 5.74) is 0. The molecule has 0 saturated heterocycles. The molecule has 0 saturated carbocycles. The second-order valence-electron chi connectivity index (χ2n) is 5.72. The van der Waals surface area contributed by atoms with Gasteiger partial charge in [-0.1, -0.05) is 61.2 Å². The lowest BCUT2D eigenvalue weighted by molar-refractivity contribution is 0.297. The molecule has 120 valence electrons. The van der Waals surface area contributed by atoms with Crippen LogP contribution in [0.15, 0.2) is 103 Å². The molecule has 0 fully saturated rings. The third-order valence-electron chi connectivity index (χ3n) is 4.29. The Morgan fingerprint density at radius 2 is 1.04 bits per heavy atom. The average Bonchev–Trinajstić information content (AvgIpc) is 2.68. The molecule has 0 aromatic heterocycles. The summed E-state index contributed by atoms with van der Waals surface area (Å²) in [7, 11) is -0.144. The first-order valence-electron chi connectivity index (χ1n) is 8.04. The van der Waals surface area contributed by atoms with Crippen LogP contribution < -0.4 is 15.9 Å². The van der Waals surface area contributed by atoms with E-state index >= 15 is 0 Å². The van der Waals surface area contributed by atoms with Crippen molar-refractivity contribution >= 4 is 23.2 Å². The Bertz CT molecular complexity index is 685. The van der Waals surface area contributed by atoms with Crippen LogP contribution in [0.4, 0.5) is 0 Å². The molecular formula is C22H22OP+.